The van der Waals surface area contributed by atoms with Crippen molar-refractivity contribution in [2.75, 3.05) is 39.6 Å². The van der Waals surface area contributed by atoms with Crippen LogP contribution in [0.2, 0.25) is 0 Å². The molecule has 0 bridgehead atoms. The van der Waals surface area contributed by atoms with Crippen LogP contribution in [0.4, 0.5) is 0 Å². The maximum Gasteiger partial charge on any atom is 0.472 e. The summed E-state index contributed by atoms with van der Waals surface area (Å²) in [6.07, 6.45) is 55.3. The lowest BCUT2D eigenvalue weighted by molar-refractivity contribution is -0.161. The Labute approximate surface area is 581 Å². The Morgan fingerprint density at radius 3 is 0.800 bits per heavy atom. The maximum atomic E-state index is 13.1. The number of hydrogen-bond acceptors (Lipinski definition) is 15. The maximum absolute atomic E-state index is 13.1. The van der Waals surface area contributed by atoms with Crippen molar-refractivity contribution in [3.05, 3.63) is 0 Å². The number of aliphatic hydroxyl groups excluding tert-OH is 1. The van der Waals surface area contributed by atoms with Gasteiger partial charge in [0.1, 0.15) is 19.3 Å². The molecule has 3 N–H and O–H groups in total. The predicted molar refractivity (Wildman–Crippen MR) is 386 cm³/mol. The van der Waals surface area contributed by atoms with E-state index in [0.717, 1.165) is 102 Å². The number of unbranched alkanes of at least 4 members (excludes halogenated alkanes) is 44. The van der Waals surface area contributed by atoms with Crippen LogP contribution in [0.3, 0.4) is 0 Å². The van der Waals surface area contributed by atoms with Crippen LogP contribution in [0.15, 0.2) is 0 Å². The van der Waals surface area contributed by atoms with Gasteiger partial charge in [-0.05, 0) is 37.5 Å². The summed E-state index contributed by atoms with van der Waals surface area (Å²) in [6.45, 7) is 9.62. The third-order valence-electron chi connectivity index (χ3n) is 18.1. The summed E-state index contributed by atoms with van der Waals surface area (Å²) >= 11 is 0. The second-order valence-electron chi connectivity index (χ2n) is 28.1. The van der Waals surface area contributed by atoms with Crippen molar-refractivity contribution in [2.45, 2.75) is 413 Å². The summed E-state index contributed by atoms with van der Waals surface area (Å²) in [5.74, 6) is -0.542. The molecule has 0 aromatic rings. The highest BCUT2D eigenvalue weighted by Gasteiger charge is 2.30. The molecule has 0 aliphatic carbocycles. The van der Waals surface area contributed by atoms with Gasteiger partial charge in [0.15, 0.2) is 12.2 Å². The first kappa shape index (κ1) is 93.1. The normalized spacial score (nSPS) is 14.3. The van der Waals surface area contributed by atoms with Gasteiger partial charge in [-0.15, -0.1) is 0 Å². The molecule has 19 heteroatoms. The van der Waals surface area contributed by atoms with Crippen molar-refractivity contribution in [2.24, 2.45) is 11.8 Å². The lowest BCUT2D eigenvalue weighted by Gasteiger charge is -2.21. The number of aliphatic hydroxyl groups is 1. The van der Waals surface area contributed by atoms with Gasteiger partial charge in [0.05, 0.1) is 26.4 Å². The molecule has 3 unspecified atom stereocenters. The van der Waals surface area contributed by atoms with E-state index in [1.165, 1.54) is 212 Å². The predicted octanol–water partition coefficient (Wildman–Crippen LogP) is 22.3. The fraction of sp³-hybridized carbons (Fsp3) is 0.947. The van der Waals surface area contributed by atoms with Crippen molar-refractivity contribution in [3.63, 3.8) is 0 Å². The van der Waals surface area contributed by atoms with E-state index < -0.39 is 97.5 Å². The van der Waals surface area contributed by atoms with Crippen molar-refractivity contribution in [1.82, 2.24) is 0 Å². The van der Waals surface area contributed by atoms with Gasteiger partial charge in [-0.3, -0.25) is 37.3 Å². The number of phosphoric acid groups is 2. The zero-order chi connectivity index (χ0) is 70.0. The van der Waals surface area contributed by atoms with Gasteiger partial charge in [-0.25, -0.2) is 9.13 Å². The molecule has 0 spiro atoms. The molecule has 0 aromatic carbocycles. The van der Waals surface area contributed by atoms with Crippen LogP contribution >= 0.6 is 15.6 Å². The Balaban J connectivity index is 5.25. The van der Waals surface area contributed by atoms with E-state index in [2.05, 4.69) is 41.5 Å². The number of esters is 4. The van der Waals surface area contributed by atoms with Crippen molar-refractivity contribution >= 4 is 39.5 Å². The van der Waals surface area contributed by atoms with Crippen LogP contribution in [0.1, 0.15) is 395 Å². The van der Waals surface area contributed by atoms with Gasteiger partial charge in [-0.2, -0.15) is 0 Å². The molecule has 0 fully saturated rings. The highest BCUT2D eigenvalue weighted by Crippen LogP contribution is 2.45. The van der Waals surface area contributed by atoms with E-state index in [1.807, 2.05) is 0 Å². The van der Waals surface area contributed by atoms with Crippen molar-refractivity contribution in [1.29, 1.82) is 0 Å². The number of phosphoric ester groups is 2. The SMILES string of the molecule is CCCCCCCCCCCCCCCCC(=O)OC[C@H](COP(=O)(O)OC[C@@H](O)COP(=O)(O)OC[C@@H](COC(=O)CCCCCCCCCCCCC)OC(=O)CCCCCCCCCCC(C)CC)OC(=O)CCCCCCCCCCCCCCCCCC(C)C. The van der Waals surface area contributed by atoms with E-state index in [1.54, 1.807) is 0 Å². The third-order valence-corrected chi connectivity index (χ3v) is 20.0. The number of rotatable bonds is 75. The zero-order valence-corrected chi connectivity index (χ0v) is 63.8. The topological polar surface area (TPSA) is 237 Å². The summed E-state index contributed by atoms with van der Waals surface area (Å²) in [7, 11) is -9.91. The molecule has 0 rings (SSSR count). The van der Waals surface area contributed by atoms with Gasteiger partial charge in [0, 0.05) is 25.7 Å². The summed E-state index contributed by atoms with van der Waals surface area (Å²) in [6, 6.07) is 0. The molecule has 0 saturated carbocycles. The van der Waals surface area contributed by atoms with Crippen LogP contribution in [-0.4, -0.2) is 96.7 Å². The van der Waals surface area contributed by atoms with E-state index in [4.69, 9.17) is 37.0 Å². The first-order valence-corrected chi connectivity index (χ1v) is 42.5. The van der Waals surface area contributed by atoms with E-state index in [9.17, 15) is 43.2 Å². The minimum Gasteiger partial charge on any atom is -0.462 e. The highest BCUT2D eigenvalue weighted by atomic mass is 31.2. The molecular weight excluding hydrogens is 1250 g/mol. The number of hydrogen-bond donors (Lipinski definition) is 3. The molecule has 0 aromatic heterocycles. The zero-order valence-electron chi connectivity index (χ0n) is 62.0. The molecule has 95 heavy (non-hydrogen) atoms. The first-order chi connectivity index (χ1) is 45.9. The molecule has 564 valence electrons. The summed E-state index contributed by atoms with van der Waals surface area (Å²) < 4.78 is 68.5. The second kappa shape index (κ2) is 67.9. The molecule has 0 aliphatic heterocycles. The smallest absolute Gasteiger partial charge is 0.462 e. The Morgan fingerprint density at radius 1 is 0.305 bits per heavy atom. The molecule has 6 atom stereocenters. The van der Waals surface area contributed by atoms with Crippen LogP contribution in [-0.2, 0) is 65.4 Å². The van der Waals surface area contributed by atoms with Crippen LogP contribution < -0.4 is 0 Å². The minimum atomic E-state index is -4.96. The average Bonchev–Trinajstić information content (AvgIpc) is 1.37. The van der Waals surface area contributed by atoms with E-state index in [0.29, 0.717) is 25.7 Å². The fourth-order valence-electron chi connectivity index (χ4n) is 11.6. The summed E-state index contributed by atoms with van der Waals surface area (Å²) in [5.41, 5.74) is 0. The quantitative estimate of drug-likeness (QED) is 0.0222. The van der Waals surface area contributed by atoms with Gasteiger partial charge >= 0.3 is 39.5 Å². The first-order valence-electron chi connectivity index (χ1n) is 39.5. The summed E-state index contributed by atoms with van der Waals surface area (Å²) in [4.78, 5) is 72.8. The van der Waals surface area contributed by atoms with Gasteiger partial charge in [-0.1, -0.05) is 343 Å². The van der Waals surface area contributed by atoms with Gasteiger partial charge < -0.3 is 33.8 Å². The van der Waals surface area contributed by atoms with Crippen LogP contribution in [0.5, 0.6) is 0 Å². The molecular formula is C76H148O17P2. The standard InChI is InChI=1S/C76H148O17P2/c1-7-10-12-14-16-18-20-21-26-30-34-41-47-53-59-74(79)87-64-71(92-75(80)60-54-48-42-35-31-27-24-22-23-25-29-32-38-44-50-56-68(4)5)66-90-94(82,83)88-62-70(77)63-89-95(84,85)91-67-72(65-86-73(78)58-52-46-40-33-28-19-17-15-13-11-8-2)93-76(81)61-55-49-43-37-36-39-45-51-57-69(6)9-3/h68-72,77H,7-67H2,1-6H3,(H,82,83)(H,84,85)/t69?,70-,71-,72-/m1/s1. The Hall–Kier alpha value is -1.94. The van der Waals surface area contributed by atoms with Crippen LogP contribution in [0, 0.1) is 11.8 Å². The Morgan fingerprint density at radius 2 is 0.537 bits per heavy atom. The fourth-order valence-corrected chi connectivity index (χ4v) is 13.2. The average molecular weight is 1400 g/mol. The second-order valence-corrected chi connectivity index (χ2v) is 31.0. The van der Waals surface area contributed by atoms with Crippen molar-refractivity contribution < 1.29 is 80.2 Å². The van der Waals surface area contributed by atoms with Crippen LogP contribution in [0.25, 0.3) is 0 Å². The van der Waals surface area contributed by atoms with E-state index >= 15 is 0 Å². The van der Waals surface area contributed by atoms with Crippen molar-refractivity contribution in [3.8, 4) is 0 Å². The lowest BCUT2D eigenvalue weighted by atomic mass is 9.99. The summed E-state index contributed by atoms with van der Waals surface area (Å²) in [5, 5.41) is 10.6. The molecule has 0 radical (unpaired) electrons. The molecule has 17 nitrogen and oxygen atoms in total. The number of ether oxygens (including phenoxy) is 4. The number of carbonyl (C=O) groups excluding carboxylic acids is 4. The minimum absolute atomic E-state index is 0.105. The lowest BCUT2D eigenvalue weighted by Crippen LogP contribution is -2.30. The Kier molecular flexibility index (Phi) is 66.5. The van der Waals surface area contributed by atoms with E-state index in [-0.39, 0.29) is 25.7 Å². The monoisotopic (exact) mass is 1400 g/mol. The molecule has 0 saturated heterocycles. The molecule has 0 aliphatic rings. The molecule has 0 heterocycles. The molecule has 0 amide bonds. The highest BCUT2D eigenvalue weighted by molar-refractivity contribution is 7.47. The van der Waals surface area contributed by atoms with Gasteiger partial charge in [0.2, 0.25) is 0 Å². The van der Waals surface area contributed by atoms with Gasteiger partial charge in [0.25, 0.3) is 0 Å². The Bertz CT molecular complexity index is 1840. The number of carbonyl (C=O) groups is 4. The third kappa shape index (κ3) is 69.0. The largest absolute Gasteiger partial charge is 0.472 e.